The second kappa shape index (κ2) is 9.64. The van der Waals surface area contributed by atoms with E-state index in [2.05, 4.69) is 20.8 Å². The van der Waals surface area contributed by atoms with E-state index in [-0.39, 0.29) is 24.3 Å². The van der Waals surface area contributed by atoms with Crippen molar-refractivity contribution in [1.29, 1.82) is 0 Å². The summed E-state index contributed by atoms with van der Waals surface area (Å²) in [4.78, 5) is 29.9. The number of halogens is 1. The fourth-order valence-electron chi connectivity index (χ4n) is 2.62. The van der Waals surface area contributed by atoms with Crippen LogP contribution in [0.2, 0.25) is 0 Å². The molecule has 0 bridgehead atoms. The summed E-state index contributed by atoms with van der Waals surface area (Å²) in [6.45, 7) is 2.50. The van der Waals surface area contributed by atoms with Gasteiger partial charge in [-0.2, -0.15) is 4.98 Å². The number of likely N-dealkylation sites (N-methyl/N-ethyl adjacent to an activating group) is 1. The first-order chi connectivity index (χ1) is 14.4. The van der Waals surface area contributed by atoms with Crippen molar-refractivity contribution in [2.45, 2.75) is 19.9 Å². The number of nitrogens with one attached hydrogen (secondary N) is 2. The number of aromatic nitrogens is 2. The zero-order valence-corrected chi connectivity index (χ0v) is 16.7. The van der Waals surface area contributed by atoms with E-state index in [1.54, 1.807) is 19.2 Å². The molecule has 0 aliphatic carbocycles. The van der Waals surface area contributed by atoms with Gasteiger partial charge in [0.05, 0.1) is 0 Å². The van der Waals surface area contributed by atoms with Crippen LogP contribution in [0.1, 0.15) is 27.6 Å². The van der Waals surface area contributed by atoms with E-state index in [0.29, 0.717) is 24.5 Å². The van der Waals surface area contributed by atoms with Gasteiger partial charge >= 0.3 is 17.8 Å². The van der Waals surface area contributed by atoms with Crippen LogP contribution in [-0.2, 0) is 13.0 Å². The number of aryl methyl sites for hydroxylation is 1. The SMILES string of the molecule is Cc1cccc(NC(=O)N(C)CCc2noc(C(=O)NCc3ccc(F)cc3)n2)c1. The standard InChI is InChI=1S/C21H22FN5O3/c1-14-4-3-5-17(12-14)24-21(29)27(2)11-10-18-25-20(30-26-18)19(28)23-13-15-6-8-16(22)9-7-15/h3-9,12H,10-11,13H2,1-2H3,(H,23,28)(H,24,29). The lowest BCUT2D eigenvalue weighted by molar-refractivity contribution is 0.0907. The molecule has 3 rings (SSSR count). The minimum absolute atomic E-state index is 0.168. The molecule has 0 spiro atoms. The molecule has 0 aliphatic heterocycles. The highest BCUT2D eigenvalue weighted by atomic mass is 19.1. The quantitative estimate of drug-likeness (QED) is 0.622. The number of anilines is 1. The number of benzene rings is 2. The highest BCUT2D eigenvalue weighted by Crippen LogP contribution is 2.10. The van der Waals surface area contributed by atoms with E-state index >= 15 is 0 Å². The molecule has 3 aromatic rings. The average Bonchev–Trinajstić information content (AvgIpc) is 3.20. The Labute approximate surface area is 173 Å². The number of hydrogen-bond donors (Lipinski definition) is 2. The molecule has 2 N–H and O–H groups in total. The van der Waals surface area contributed by atoms with E-state index in [1.807, 2.05) is 31.2 Å². The van der Waals surface area contributed by atoms with E-state index in [9.17, 15) is 14.0 Å². The zero-order valence-electron chi connectivity index (χ0n) is 16.7. The van der Waals surface area contributed by atoms with Crippen molar-refractivity contribution in [2.75, 3.05) is 18.9 Å². The Balaban J connectivity index is 1.46. The maximum absolute atomic E-state index is 12.9. The Morgan fingerprint density at radius 3 is 2.67 bits per heavy atom. The van der Waals surface area contributed by atoms with Crippen molar-refractivity contribution >= 4 is 17.6 Å². The summed E-state index contributed by atoms with van der Waals surface area (Å²) in [7, 11) is 1.65. The van der Waals surface area contributed by atoms with Gasteiger partial charge < -0.3 is 20.1 Å². The smallest absolute Gasteiger partial charge is 0.321 e. The predicted molar refractivity (Wildman–Crippen MR) is 108 cm³/mol. The van der Waals surface area contributed by atoms with Gasteiger partial charge in [-0.3, -0.25) is 4.79 Å². The molecule has 0 saturated heterocycles. The molecule has 30 heavy (non-hydrogen) atoms. The van der Waals surface area contributed by atoms with Crippen LogP contribution < -0.4 is 10.6 Å². The largest absolute Gasteiger partial charge is 0.344 e. The van der Waals surface area contributed by atoms with Crippen molar-refractivity contribution < 1.29 is 18.5 Å². The fraction of sp³-hybridized carbons (Fsp3) is 0.238. The zero-order chi connectivity index (χ0) is 21.5. The summed E-state index contributed by atoms with van der Waals surface area (Å²) in [6, 6.07) is 13.0. The van der Waals surface area contributed by atoms with Gasteiger partial charge in [0, 0.05) is 32.2 Å². The highest BCUT2D eigenvalue weighted by molar-refractivity contribution is 5.89. The Morgan fingerprint density at radius 2 is 1.93 bits per heavy atom. The number of carbonyl (C=O) groups excluding carboxylic acids is 2. The number of nitrogens with zero attached hydrogens (tertiary/aromatic N) is 3. The van der Waals surface area contributed by atoms with Crippen molar-refractivity contribution in [3.05, 3.63) is 77.2 Å². The lowest BCUT2D eigenvalue weighted by Crippen LogP contribution is -2.33. The van der Waals surface area contributed by atoms with Gasteiger partial charge in [0.25, 0.3) is 0 Å². The van der Waals surface area contributed by atoms with Crippen LogP contribution in [0.25, 0.3) is 0 Å². The molecule has 0 atom stereocenters. The van der Waals surface area contributed by atoms with Crippen molar-refractivity contribution in [2.24, 2.45) is 0 Å². The summed E-state index contributed by atoms with van der Waals surface area (Å²) >= 11 is 0. The summed E-state index contributed by atoms with van der Waals surface area (Å²) in [5, 5.41) is 9.22. The van der Waals surface area contributed by atoms with Crippen LogP contribution >= 0.6 is 0 Å². The lowest BCUT2D eigenvalue weighted by Gasteiger charge is -2.17. The van der Waals surface area contributed by atoms with Crippen LogP contribution in [0.3, 0.4) is 0 Å². The fourth-order valence-corrected chi connectivity index (χ4v) is 2.62. The Morgan fingerprint density at radius 1 is 1.17 bits per heavy atom. The van der Waals surface area contributed by atoms with Crippen LogP contribution in [-0.4, -0.2) is 40.6 Å². The molecule has 2 aromatic carbocycles. The van der Waals surface area contributed by atoms with Crippen molar-refractivity contribution in [1.82, 2.24) is 20.4 Å². The van der Waals surface area contributed by atoms with E-state index in [4.69, 9.17) is 4.52 Å². The third-order valence-corrected chi connectivity index (χ3v) is 4.32. The summed E-state index contributed by atoms with van der Waals surface area (Å²) in [6.07, 6.45) is 0.326. The van der Waals surface area contributed by atoms with Crippen LogP contribution in [0.5, 0.6) is 0 Å². The van der Waals surface area contributed by atoms with Crippen molar-refractivity contribution in [3.8, 4) is 0 Å². The molecule has 0 radical (unpaired) electrons. The number of carbonyl (C=O) groups is 2. The maximum Gasteiger partial charge on any atom is 0.321 e. The topological polar surface area (TPSA) is 100 Å². The molecule has 1 aromatic heterocycles. The normalized spacial score (nSPS) is 10.5. The second-order valence-electron chi connectivity index (χ2n) is 6.80. The molecule has 156 valence electrons. The first-order valence-corrected chi connectivity index (χ1v) is 9.35. The first-order valence-electron chi connectivity index (χ1n) is 9.35. The first kappa shape index (κ1) is 21.0. The molecular formula is C21H22FN5O3. The molecule has 8 nitrogen and oxygen atoms in total. The van der Waals surface area contributed by atoms with E-state index in [1.165, 1.54) is 17.0 Å². The number of hydrogen-bond acceptors (Lipinski definition) is 5. The highest BCUT2D eigenvalue weighted by Gasteiger charge is 2.16. The van der Waals surface area contributed by atoms with Gasteiger partial charge in [0.1, 0.15) is 5.82 Å². The summed E-state index contributed by atoms with van der Waals surface area (Å²) in [5.41, 5.74) is 2.50. The average molecular weight is 411 g/mol. The van der Waals surface area contributed by atoms with Crippen LogP contribution in [0, 0.1) is 12.7 Å². The molecule has 0 fully saturated rings. The van der Waals surface area contributed by atoms with Gasteiger partial charge in [-0.1, -0.05) is 29.4 Å². The summed E-state index contributed by atoms with van der Waals surface area (Å²) in [5.74, 6) is -0.719. The van der Waals surface area contributed by atoms with Crippen LogP contribution in [0.15, 0.2) is 53.1 Å². The molecule has 0 unspecified atom stereocenters. The van der Waals surface area contributed by atoms with Gasteiger partial charge in [-0.25, -0.2) is 9.18 Å². The lowest BCUT2D eigenvalue weighted by atomic mass is 10.2. The molecule has 1 heterocycles. The molecule has 9 heteroatoms. The van der Waals surface area contributed by atoms with Gasteiger partial charge in [0.2, 0.25) is 0 Å². The van der Waals surface area contributed by atoms with E-state index < -0.39 is 5.91 Å². The third-order valence-electron chi connectivity index (χ3n) is 4.32. The minimum Gasteiger partial charge on any atom is -0.344 e. The minimum atomic E-state index is -0.524. The third kappa shape index (κ3) is 5.87. The van der Waals surface area contributed by atoms with Crippen molar-refractivity contribution in [3.63, 3.8) is 0 Å². The van der Waals surface area contributed by atoms with E-state index in [0.717, 1.165) is 11.1 Å². The summed E-state index contributed by atoms with van der Waals surface area (Å²) < 4.78 is 17.9. The molecular weight excluding hydrogens is 389 g/mol. The molecule has 3 amide bonds. The number of amides is 3. The monoisotopic (exact) mass is 411 g/mol. The second-order valence-corrected chi connectivity index (χ2v) is 6.80. The Hall–Kier alpha value is -3.75. The number of urea groups is 1. The van der Waals surface area contributed by atoms with Gasteiger partial charge in [0.15, 0.2) is 5.82 Å². The molecule has 0 saturated carbocycles. The molecule has 0 aliphatic rings. The maximum atomic E-state index is 12.9. The van der Waals surface area contributed by atoms with Gasteiger partial charge in [-0.15, -0.1) is 0 Å². The Kier molecular flexibility index (Phi) is 6.74. The Bertz CT molecular complexity index is 1020. The van der Waals surface area contributed by atoms with Gasteiger partial charge in [-0.05, 0) is 42.3 Å². The number of rotatable bonds is 7. The predicted octanol–water partition coefficient (Wildman–Crippen LogP) is 3.15. The van der Waals surface area contributed by atoms with Crippen LogP contribution in [0.4, 0.5) is 14.9 Å².